The fourth-order valence-electron chi connectivity index (χ4n) is 1.65. The first kappa shape index (κ1) is 20.2. The molecule has 0 aliphatic rings. The van der Waals surface area contributed by atoms with Gasteiger partial charge in [0.05, 0.1) is 0 Å². The van der Waals surface area contributed by atoms with Gasteiger partial charge in [-0.1, -0.05) is 6.92 Å². The molecular formula is C15H29N5O2. The fraction of sp³-hybridized carbons (Fsp3) is 0.733. The van der Waals surface area contributed by atoms with Crippen molar-refractivity contribution in [1.82, 2.24) is 9.80 Å². The monoisotopic (exact) mass is 311 g/mol. The summed E-state index contributed by atoms with van der Waals surface area (Å²) in [6.45, 7) is 6.79. The lowest BCUT2D eigenvalue weighted by Gasteiger charge is -2.27. The van der Waals surface area contributed by atoms with Crippen LogP contribution in [0.15, 0.2) is 9.98 Å². The van der Waals surface area contributed by atoms with Gasteiger partial charge >= 0.3 is 6.03 Å². The minimum Gasteiger partial charge on any atom is -0.330 e. The van der Waals surface area contributed by atoms with E-state index in [1.54, 1.807) is 29.3 Å². The van der Waals surface area contributed by atoms with E-state index in [0.29, 0.717) is 38.5 Å². The lowest BCUT2D eigenvalue weighted by Crippen LogP contribution is -2.42. The molecule has 0 aliphatic carbocycles. The predicted molar refractivity (Wildman–Crippen MR) is 90.6 cm³/mol. The van der Waals surface area contributed by atoms with Crippen LogP contribution in [0.4, 0.5) is 4.79 Å². The van der Waals surface area contributed by atoms with Gasteiger partial charge in [0.2, 0.25) is 0 Å². The number of aliphatic imine (C=N–C) groups is 2. The highest BCUT2D eigenvalue weighted by Gasteiger charge is 2.16. The lowest BCUT2D eigenvalue weighted by atomic mass is 10.1. The molecular weight excluding hydrogens is 282 g/mol. The molecule has 1 atom stereocenters. The van der Waals surface area contributed by atoms with E-state index in [-0.39, 0.29) is 12.7 Å². The Bertz CT molecular complexity index is 371. The van der Waals surface area contributed by atoms with Crippen molar-refractivity contribution >= 4 is 24.7 Å². The van der Waals surface area contributed by atoms with Crippen molar-refractivity contribution < 1.29 is 9.59 Å². The summed E-state index contributed by atoms with van der Waals surface area (Å²) in [6, 6.07) is -0.0400. The summed E-state index contributed by atoms with van der Waals surface area (Å²) in [6.07, 6.45) is 5.22. The third-order valence-corrected chi connectivity index (χ3v) is 3.22. The maximum atomic E-state index is 12.3. The highest BCUT2D eigenvalue weighted by atomic mass is 16.2. The van der Waals surface area contributed by atoms with E-state index < -0.39 is 0 Å². The molecule has 0 aliphatic heterocycles. The molecule has 0 rings (SSSR count). The van der Waals surface area contributed by atoms with Gasteiger partial charge in [0.25, 0.3) is 0 Å². The average Bonchev–Trinajstić information content (AvgIpc) is 2.53. The predicted octanol–water partition coefficient (Wildman–Crippen LogP) is 1.03. The van der Waals surface area contributed by atoms with Gasteiger partial charge < -0.3 is 20.3 Å². The van der Waals surface area contributed by atoms with Gasteiger partial charge in [-0.2, -0.15) is 0 Å². The highest BCUT2D eigenvalue weighted by Crippen LogP contribution is 2.04. The molecule has 1 unspecified atom stereocenters. The van der Waals surface area contributed by atoms with Gasteiger partial charge in [-0.15, -0.1) is 0 Å². The molecule has 7 heteroatoms. The van der Waals surface area contributed by atoms with E-state index in [1.165, 1.54) is 0 Å². The van der Waals surface area contributed by atoms with E-state index in [0.717, 1.165) is 12.7 Å². The molecule has 22 heavy (non-hydrogen) atoms. The van der Waals surface area contributed by atoms with Crippen molar-refractivity contribution in [2.75, 3.05) is 39.9 Å². The van der Waals surface area contributed by atoms with E-state index >= 15 is 0 Å². The van der Waals surface area contributed by atoms with Crippen LogP contribution in [-0.2, 0) is 4.79 Å². The topological polar surface area (TPSA) is 91.4 Å². The smallest absolute Gasteiger partial charge is 0.321 e. The first-order valence-electron chi connectivity index (χ1n) is 7.68. The third-order valence-electron chi connectivity index (χ3n) is 3.22. The Morgan fingerprint density at radius 1 is 1.32 bits per heavy atom. The number of aldehydes is 1. The molecule has 0 aromatic rings. The Balaban J connectivity index is 4.18. The number of hydrogen-bond acceptors (Lipinski definition) is 5. The standard InChI is InChI=1S/C15H29N5O2/c1-4-20(10-6-14(2)12-16)15(22)19(3)13-18-9-8-17-7-5-11-21/h8-9,11,14H,4-7,10,12-13,16H2,1-3H3. The number of nitrogens with zero attached hydrogens (tertiary/aromatic N) is 4. The molecule has 0 saturated heterocycles. The van der Waals surface area contributed by atoms with Crippen LogP contribution in [0, 0.1) is 5.92 Å². The zero-order valence-corrected chi connectivity index (χ0v) is 13.9. The molecule has 2 amide bonds. The zero-order valence-electron chi connectivity index (χ0n) is 13.9. The van der Waals surface area contributed by atoms with Crippen LogP contribution in [-0.4, -0.2) is 74.4 Å². The molecule has 0 spiro atoms. The molecule has 0 aromatic carbocycles. The first-order valence-corrected chi connectivity index (χ1v) is 7.68. The summed E-state index contributed by atoms with van der Waals surface area (Å²) in [7, 11) is 1.72. The molecule has 0 heterocycles. The average molecular weight is 311 g/mol. The minimum atomic E-state index is -0.0400. The van der Waals surface area contributed by atoms with E-state index in [1.807, 2.05) is 6.92 Å². The first-order chi connectivity index (χ1) is 10.6. The maximum Gasteiger partial charge on any atom is 0.321 e. The summed E-state index contributed by atoms with van der Waals surface area (Å²) in [5.41, 5.74) is 5.60. The van der Waals surface area contributed by atoms with E-state index in [4.69, 9.17) is 5.73 Å². The van der Waals surface area contributed by atoms with E-state index in [9.17, 15) is 9.59 Å². The Morgan fingerprint density at radius 3 is 2.59 bits per heavy atom. The van der Waals surface area contributed by atoms with Gasteiger partial charge in [-0.05, 0) is 25.8 Å². The van der Waals surface area contributed by atoms with Crippen LogP contribution in [0.1, 0.15) is 26.7 Å². The normalized spacial score (nSPS) is 12.7. The third kappa shape index (κ3) is 9.23. The SMILES string of the molecule is CCN(CCC(C)CN)C(=O)N(C)CN=CC=NCCC=O. The molecule has 0 aromatic heterocycles. The van der Waals surface area contributed by atoms with Crippen molar-refractivity contribution in [3.63, 3.8) is 0 Å². The van der Waals surface area contributed by atoms with Crippen molar-refractivity contribution in [3.8, 4) is 0 Å². The Kier molecular flexibility index (Phi) is 11.9. The number of amides is 2. The molecule has 2 N–H and O–H groups in total. The van der Waals surface area contributed by atoms with Crippen LogP contribution in [0.3, 0.4) is 0 Å². The summed E-state index contributed by atoms with van der Waals surface area (Å²) in [4.78, 5) is 33.8. The second-order valence-corrected chi connectivity index (χ2v) is 5.17. The Labute approximate surface area is 133 Å². The van der Waals surface area contributed by atoms with Crippen LogP contribution >= 0.6 is 0 Å². The van der Waals surface area contributed by atoms with Crippen LogP contribution in [0.2, 0.25) is 0 Å². The van der Waals surface area contributed by atoms with Gasteiger partial charge in [0, 0.05) is 45.5 Å². The van der Waals surface area contributed by atoms with Crippen molar-refractivity contribution in [1.29, 1.82) is 0 Å². The van der Waals surface area contributed by atoms with Gasteiger partial charge in [0.1, 0.15) is 13.0 Å². The molecule has 0 radical (unpaired) electrons. The summed E-state index contributed by atoms with van der Waals surface area (Å²) < 4.78 is 0. The summed E-state index contributed by atoms with van der Waals surface area (Å²) in [5, 5.41) is 0. The molecule has 0 saturated carbocycles. The van der Waals surface area contributed by atoms with Crippen molar-refractivity contribution in [2.45, 2.75) is 26.7 Å². The summed E-state index contributed by atoms with van der Waals surface area (Å²) >= 11 is 0. The summed E-state index contributed by atoms with van der Waals surface area (Å²) in [5.74, 6) is 0.410. The zero-order chi connectivity index (χ0) is 16.8. The van der Waals surface area contributed by atoms with Crippen LogP contribution in [0.25, 0.3) is 0 Å². The Morgan fingerprint density at radius 2 is 2.00 bits per heavy atom. The quantitative estimate of drug-likeness (QED) is 0.351. The van der Waals surface area contributed by atoms with Crippen LogP contribution in [0.5, 0.6) is 0 Å². The molecule has 7 nitrogen and oxygen atoms in total. The Hall–Kier alpha value is -1.76. The van der Waals surface area contributed by atoms with Gasteiger partial charge in [-0.25, -0.2) is 4.79 Å². The number of carbonyl (C=O) groups is 2. The van der Waals surface area contributed by atoms with E-state index in [2.05, 4.69) is 16.9 Å². The maximum absolute atomic E-state index is 12.3. The number of carbonyl (C=O) groups excluding carboxylic acids is 2. The number of rotatable bonds is 11. The molecule has 0 fully saturated rings. The number of hydrogen-bond donors (Lipinski definition) is 1. The van der Waals surface area contributed by atoms with Crippen LogP contribution < -0.4 is 5.73 Å². The van der Waals surface area contributed by atoms with Crippen molar-refractivity contribution in [3.05, 3.63) is 0 Å². The molecule has 126 valence electrons. The van der Waals surface area contributed by atoms with Gasteiger partial charge in [-0.3, -0.25) is 9.98 Å². The fourth-order valence-corrected chi connectivity index (χ4v) is 1.65. The second-order valence-electron chi connectivity index (χ2n) is 5.17. The highest BCUT2D eigenvalue weighted by molar-refractivity contribution is 6.16. The van der Waals surface area contributed by atoms with Gasteiger partial charge in [0.15, 0.2) is 0 Å². The van der Waals surface area contributed by atoms with Crippen molar-refractivity contribution in [2.24, 2.45) is 21.6 Å². The lowest BCUT2D eigenvalue weighted by molar-refractivity contribution is -0.107. The number of nitrogens with two attached hydrogens (primary N) is 1. The number of urea groups is 1. The minimum absolute atomic E-state index is 0.0400. The second kappa shape index (κ2) is 12.9. The largest absolute Gasteiger partial charge is 0.330 e. The molecule has 0 bridgehead atoms.